The maximum absolute atomic E-state index is 12.4. The van der Waals surface area contributed by atoms with Gasteiger partial charge in [-0.15, -0.1) is 0 Å². The normalized spacial score (nSPS) is 20.7. The number of aromatic nitrogens is 1. The number of hydrogen-bond acceptors (Lipinski definition) is 5. The monoisotopic (exact) mass is 404 g/mol. The molecule has 0 spiro atoms. The molecule has 2 aliphatic rings. The molecular weight excluding hydrogens is 380 g/mol. The van der Waals surface area contributed by atoms with Crippen molar-refractivity contribution >= 4 is 32.6 Å². The minimum atomic E-state index is -3.08. The summed E-state index contributed by atoms with van der Waals surface area (Å²) in [6, 6.07) is 5.06. The summed E-state index contributed by atoms with van der Waals surface area (Å²) in [5, 5.41) is 1.05. The van der Waals surface area contributed by atoms with E-state index in [-0.39, 0.29) is 17.5 Å². The Morgan fingerprint density at radius 3 is 2.79 bits per heavy atom. The average Bonchev–Trinajstić information content (AvgIpc) is 3.24. The predicted molar refractivity (Wildman–Crippen MR) is 105 cm³/mol. The first-order chi connectivity index (χ1) is 13.3. The van der Waals surface area contributed by atoms with Crippen molar-refractivity contribution < 1.29 is 22.7 Å². The van der Waals surface area contributed by atoms with Gasteiger partial charge in [-0.3, -0.25) is 4.79 Å². The molecule has 2 aromatic rings. The smallest absolute Gasteiger partial charge is 0.338 e. The van der Waals surface area contributed by atoms with E-state index in [4.69, 9.17) is 4.74 Å². The van der Waals surface area contributed by atoms with Gasteiger partial charge in [0.05, 0.1) is 17.1 Å². The van der Waals surface area contributed by atoms with E-state index in [9.17, 15) is 18.0 Å². The van der Waals surface area contributed by atoms with Crippen LogP contribution in [0.2, 0.25) is 0 Å². The Bertz CT molecular complexity index is 1040. The van der Waals surface area contributed by atoms with Crippen molar-refractivity contribution in [1.82, 2.24) is 9.88 Å². The summed E-state index contributed by atoms with van der Waals surface area (Å²) < 4.78 is 28.4. The zero-order valence-corrected chi connectivity index (χ0v) is 16.7. The van der Waals surface area contributed by atoms with Crippen molar-refractivity contribution in [2.75, 3.05) is 25.2 Å². The minimum Gasteiger partial charge on any atom is -0.452 e. The highest BCUT2D eigenvalue weighted by Crippen LogP contribution is 2.29. The highest BCUT2D eigenvalue weighted by atomic mass is 32.2. The fourth-order valence-electron chi connectivity index (χ4n) is 4.13. The lowest BCUT2D eigenvalue weighted by Crippen LogP contribution is -2.40. The number of nitrogens with zero attached hydrogens (tertiary/aromatic N) is 1. The average molecular weight is 404 g/mol. The van der Waals surface area contributed by atoms with Crippen molar-refractivity contribution in [1.29, 1.82) is 0 Å². The van der Waals surface area contributed by atoms with Gasteiger partial charge in [-0.2, -0.15) is 0 Å². The molecule has 1 aliphatic heterocycles. The fraction of sp³-hybridized carbons (Fsp3) is 0.500. The molecule has 1 aromatic heterocycles. The summed E-state index contributed by atoms with van der Waals surface area (Å²) in [5.41, 5.74) is 3.95. The predicted octanol–water partition coefficient (Wildman–Crippen LogP) is 1.85. The minimum absolute atomic E-state index is 0.0293. The van der Waals surface area contributed by atoms with Crippen LogP contribution in [0.4, 0.5) is 0 Å². The molecule has 1 atom stereocenters. The van der Waals surface area contributed by atoms with Gasteiger partial charge in [-0.25, -0.2) is 13.2 Å². The van der Waals surface area contributed by atoms with E-state index in [2.05, 4.69) is 4.98 Å². The van der Waals surface area contributed by atoms with Gasteiger partial charge < -0.3 is 14.6 Å². The highest BCUT2D eigenvalue weighted by molar-refractivity contribution is 7.91. The van der Waals surface area contributed by atoms with E-state index >= 15 is 0 Å². The molecule has 1 amide bonds. The molecule has 1 saturated heterocycles. The van der Waals surface area contributed by atoms with Gasteiger partial charge in [0, 0.05) is 29.7 Å². The summed E-state index contributed by atoms with van der Waals surface area (Å²) in [4.78, 5) is 29.5. The Labute approximate surface area is 164 Å². The number of esters is 1. The Balaban J connectivity index is 1.41. The Kier molecular flexibility index (Phi) is 4.91. The maximum Gasteiger partial charge on any atom is 0.338 e. The lowest BCUT2D eigenvalue weighted by Gasteiger charge is -2.23. The van der Waals surface area contributed by atoms with Crippen LogP contribution in [-0.2, 0) is 32.2 Å². The number of fused-ring (bicyclic) bond motifs is 3. The van der Waals surface area contributed by atoms with E-state index in [0.717, 1.165) is 30.2 Å². The highest BCUT2D eigenvalue weighted by Gasteiger charge is 2.33. The van der Waals surface area contributed by atoms with Crippen LogP contribution in [0.15, 0.2) is 18.2 Å². The van der Waals surface area contributed by atoms with Gasteiger partial charge in [0.15, 0.2) is 16.4 Å². The van der Waals surface area contributed by atoms with E-state index < -0.39 is 28.3 Å². The number of hydrogen-bond donors (Lipinski definition) is 1. The van der Waals surface area contributed by atoms with E-state index in [1.54, 1.807) is 13.1 Å². The molecule has 2 heterocycles. The molecule has 1 fully saturated rings. The summed E-state index contributed by atoms with van der Waals surface area (Å²) in [6.45, 7) is -0.394. The summed E-state index contributed by atoms with van der Waals surface area (Å²) in [6.07, 6.45) is 4.77. The number of amides is 1. The second-order valence-corrected chi connectivity index (χ2v) is 9.92. The van der Waals surface area contributed by atoms with E-state index in [1.807, 2.05) is 12.1 Å². The van der Waals surface area contributed by atoms with Crippen LogP contribution in [0.1, 0.15) is 40.9 Å². The second-order valence-electron chi connectivity index (χ2n) is 7.69. The Morgan fingerprint density at radius 2 is 2.04 bits per heavy atom. The molecule has 8 heteroatoms. The van der Waals surface area contributed by atoms with Gasteiger partial charge in [-0.1, -0.05) is 0 Å². The second kappa shape index (κ2) is 7.24. The molecule has 0 saturated carbocycles. The van der Waals surface area contributed by atoms with Gasteiger partial charge >= 0.3 is 5.97 Å². The molecule has 7 nitrogen and oxygen atoms in total. The molecule has 0 unspecified atom stereocenters. The Morgan fingerprint density at radius 1 is 1.25 bits per heavy atom. The molecule has 150 valence electrons. The first-order valence-corrected chi connectivity index (χ1v) is 11.4. The number of likely N-dealkylation sites (N-methyl/N-ethyl adjacent to an activating group) is 1. The third-order valence-corrected chi connectivity index (χ3v) is 7.56. The summed E-state index contributed by atoms with van der Waals surface area (Å²) >= 11 is 0. The van der Waals surface area contributed by atoms with E-state index in [0.29, 0.717) is 12.0 Å². The SMILES string of the molecule is CN(C(=O)COC(=O)c1ccc2[nH]c3c(c2c1)CCCC3)[C@H]1CCS(=O)(=O)C1. The van der Waals surface area contributed by atoms with E-state index in [1.165, 1.54) is 22.6 Å². The largest absolute Gasteiger partial charge is 0.452 e. The van der Waals surface area contributed by atoms with Gasteiger partial charge in [0.25, 0.3) is 5.91 Å². The lowest BCUT2D eigenvalue weighted by atomic mass is 9.95. The number of H-pyrrole nitrogens is 1. The van der Waals surface area contributed by atoms with Crippen LogP contribution in [0.5, 0.6) is 0 Å². The third kappa shape index (κ3) is 3.65. The van der Waals surface area contributed by atoms with Gasteiger partial charge in [-0.05, 0) is 55.9 Å². The number of carbonyl (C=O) groups is 2. The Hall–Kier alpha value is -2.35. The standard InChI is InChI=1S/C20H24N2O5S/c1-22(14-8-9-28(25,26)12-14)19(23)11-27-20(24)13-6-7-18-16(10-13)15-4-2-3-5-17(15)21-18/h6-7,10,14,21H,2-5,8-9,11-12H2,1H3/t14-/m0/s1. The number of aryl methyl sites for hydroxylation is 2. The van der Waals surface area contributed by atoms with Crippen molar-refractivity contribution in [3.8, 4) is 0 Å². The molecule has 1 N–H and O–H groups in total. The first kappa shape index (κ1) is 19.0. The van der Waals surface area contributed by atoms with Crippen LogP contribution in [0, 0.1) is 0 Å². The zero-order valence-electron chi connectivity index (χ0n) is 15.9. The zero-order chi connectivity index (χ0) is 19.9. The summed E-state index contributed by atoms with van der Waals surface area (Å²) in [7, 11) is -1.52. The lowest BCUT2D eigenvalue weighted by molar-refractivity contribution is -0.134. The number of rotatable bonds is 4. The van der Waals surface area contributed by atoms with Crippen molar-refractivity contribution in [3.63, 3.8) is 0 Å². The number of ether oxygens (including phenoxy) is 1. The number of sulfone groups is 1. The van der Waals surface area contributed by atoms with Gasteiger partial charge in [0.1, 0.15) is 0 Å². The number of carbonyl (C=O) groups excluding carboxylic acids is 2. The van der Waals surface area contributed by atoms with Crippen LogP contribution in [0.25, 0.3) is 10.9 Å². The molecule has 0 radical (unpaired) electrons. The number of aromatic amines is 1. The topological polar surface area (TPSA) is 96.5 Å². The number of benzene rings is 1. The first-order valence-electron chi connectivity index (χ1n) is 9.61. The van der Waals surface area contributed by atoms with Crippen LogP contribution >= 0.6 is 0 Å². The third-order valence-electron chi connectivity index (χ3n) is 5.81. The molecular formula is C20H24N2O5S. The van der Waals surface area contributed by atoms with Crippen molar-refractivity contribution in [2.45, 2.75) is 38.1 Å². The molecule has 1 aromatic carbocycles. The molecule has 1 aliphatic carbocycles. The van der Waals surface area contributed by atoms with Crippen molar-refractivity contribution in [3.05, 3.63) is 35.0 Å². The van der Waals surface area contributed by atoms with Crippen LogP contribution < -0.4 is 0 Å². The van der Waals surface area contributed by atoms with Gasteiger partial charge in [0.2, 0.25) is 0 Å². The maximum atomic E-state index is 12.4. The van der Waals surface area contributed by atoms with Crippen LogP contribution in [-0.4, -0.2) is 61.4 Å². The van der Waals surface area contributed by atoms with Crippen LogP contribution in [0.3, 0.4) is 0 Å². The molecule has 28 heavy (non-hydrogen) atoms. The fourth-order valence-corrected chi connectivity index (χ4v) is 5.90. The number of nitrogens with one attached hydrogen (secondary N) is 1. The van der Waals surface area contributed by atoms with Crippen molar-refractivity contribution in [2.24, 2.45) is 0 Å². The molecule has 4 rings (SSSR count). The molecule has 0 bridgehead atoms. The summed E-state index contributed by atoms with van der Waals surface area (Å²) in [5.74, 6) is -0.877. The quantitative estimate of drug-likeness (QED) is 0.785.